The monoisotopic (exact) mass is 745 g/mol. The summed E-state index contributed by atoms with van der Waals surface area (Å²) in [6.45, 7) is 6.40. The number of oxazole rings is 1. The predicted molar refractivity (Wildman–Crippen MR) is 207 cm³/mol. The van der Waals surface area contributed by atoms with Gasteiger partial charge in [-0.3, -0.25) is 19.4 Å². The van der Waals surface area contributed by atoms with Crippen molar-refractivity contribution in [2.24, 2.45) is 13.0 Å². The number of hydrogen-bond acceptors (Lipinski definition) is 8. The summed E-state index contributed by atoms with van der Waals surface area (Å²) in [6.07, 6.45) is 7.34. The van der Waals surface area contributed by atoms with Crippen LogP contribution in [0.2, 0.25) is 5.02 Å². The summed E-state index contributed by atoms with van der Waals surface area (Å²) in [7, 11) is 1.88. The quantitative estimate of drug-likeness (QED) is 0.151. The lowest BCUT2D eigenvalue weighted by atomic mass is 9.96. The third kappa shape index (κ3) is 6.90. The number of anilines is 1. The van der Waals surface area contributed by atoms with E-state index in [0.717, 1.165) is 97.5 Å². The Morgan fingerprint density at radius 2 is 1.78 bits per heavy atom. The number of fused-ring (bicyclic) bond motifs is 2. The van der Waals surface area contributed by atoms with Gasteiger partial charge >= 0.3 is 5.97 Å². The maximum absolute atomic E-state index is 13.8. The number of hydrogen-bond donors (Lipinski definition) is 2. The molecule has 3 aliphatic rings. The molecule has 2 N–H and O–H groups in total. The Kier molecular flexibility index (Phi) is 10.0. The highest BCUT2D eigenvalue weighted by Crippen LogP contribution is 2.40. The number of carbonyl (C=O) groups excluding carboxylic acids is 1. The van der Waals surface area contributed by atoms with Crippen molar-refractivity contribution >= 4 is 40.3 Å². The molecule has 0 radical (unpaired) electrons. The van der Waals surface area contributed by atoms with E-state index in [4.69, 9.17) is 26.0 Å². The van der Waals surface area contributed by atoms with Crippen molar-refractivity contribution in [2.75, 3.05) is 25.0 Å². The summed E-state index contributed by atoms with van der Waals surface area (Å²) in [5.41, 5.74) is 8.39. The first-order valence-corrected chi connectivity index (χ1v) is 19.3. The van der Waals surface area contributed by atoms with Crippen LogP contribution in [0, 0.1) is 24.2 Å². The summed E-state index contributed by atoms with van der Waals surface area (Å²) in [4.78, 5) is 39.8. The zero-order chi connectivity index (χ0) is 37.5. The average Bonchev–Trinajstić information content (AvgIpc) is 3.87. The number of imidazole rings is 1. The molecule has 3 aromatic carbocycles. The van der Waals surface area contributed by atoms with Gasteiger partial charge in [-0.2, -0.15) is 5.26 Å². The van der Waals surface area contributed by atoms with Crippen molar-refractivity contribution in [3.05, 3.63) is 87.5 Å². The number of aliphatic carboxylic acids is 1. The van der Waals surface area contributed by atoms with E-state index < -0.39 is 5.97 Å². The first kappa shape index (κ1) is 36.0. The number of carboxylic acid groups (broad SMARTS) is 1. The smallest absolute Gasteiger partial charge is 0.306 e. The number of nitrogens with zero attached hydrogens (tertiary/aromatic N) is 6. The molecule has 0 spiro atoms. The lowest BCUT2D eigenvalue weighted by Crippen LogP contribution is -2.39. The lowest BCUT2D eigenvalue weighted by molar-refractivity contribution is -0.142. The fraction of sp³-hybridized carbons (Fsp3) is 0.405. The molecule has 5 aromatic rings. The standard InChI is InChI=1S/C42H44ClN7O4/c1-25-30(10-6-11-31(25)41-47-34-21-26(23-49-17-3-4-18-49)20-28(22-44)38(34)54-41)32-12-7-13-33(37(32)43)46-40(51)39-45-35-24-50(19-16-36(35)48(39)2)29-9-5-8-27(14-15-29)42(52)53/h6-7,10-13,20-21,27,29H,3-5,8-9,14-19,23-24H2,1-2H3,(H,46,51)(H,52,53). The van der Waals surface area contributed by atoms with Crippen LogP contribution in [0.5, 0.6) is 0 Å². The lowest BCUT2D eigenvalue weighted by Gasteiger charge is -2.33. The van der Waals surface area contributed by atoms with Crippen LogP contribution in [-0.2, 0) is 31.4 Å². The maximum Gasteiger partial charge on any atom is 0.306 e. The molecule has 278 valence electrons. The second-order valence-corrected chi connectivity index (χ2v) is 15.4. The number of likely N-dealkylation sites (tertiary alicyclic amines) is 1. The van der Waals surface area contributed by atoms with E-state index in [-0.39, 0.29) is 11.8 Å². The van der Waals surface area contributed by atoms with Gasteiger partial charge < -0.3 is 19.4 Å². The fourth-order valence-electron chi connectivity index (χ4n) is 8.71. The van der Waals surface area contributed by atoms with Crippen molar-refractivity contribution in [1.29, 1.82) is 5.26 Å². The normalized spacial score (nSPS) is 19.4. The van der Waals surface area contributed by atoms with Gasteiger partial charge in [0.15, 0.2) is 11.4 Å². The van der Waals surface area contributed by atoms with E-state index in [0.29, 0.717) is 58.1 Å². The molecule has 0 bridgehead atoms. The highest BCUT2D eigenvalue weighted by molar-refractivity contribution is 6.36. The predicted octanol–water partition coefficient (Wildman–Crippen LogP) is 7.97. The van der Waals surface area contributed by atoms with Gasteiger partial charge in [-0.05, 0) is 99.5 Å². The Morgan fingerprint density at radius 3 is 2.57 bits per heavy atom. The molecule has 2 aromatic heterocycles. The number of carboxylic acids is 1. The van der Waals surface area contributed by atoms with E-state index in [1.807, 2.05) is 61.0 Å². The van der Waals surface area contributed by atoms with Crippen LogP contribution in [0.15, 0.2) is 52.9 Å². The summed E-state index contributed by atoms with van der Waals surface area (Å²) in [5.74, 6) is -0.539. The van der Waals surface area contributed by atoms with Gasteiger partial charge in [0.25, 0.3) is 5.91 Å². The molecule has 2 atom stereocenters. The first-order chi connectivity index (χ1) is 26.2. The molecule has 2 aliphatic heterocycles. The highest BCUT2D eigenvalue weighted by Gasteiger charge is 2.32. The molecule has 1 amide bonds. The average molecular weight is 746 g/mol. The third-order valence-electron chi connectivity index (χ3n) is 11.7. The van der Waals surface area contributed by atoms with Crippen LogP contribution in [0.25, 0.3) is 33.7 Å². The Morgan fingerprint density at radius 1 is 1.00 bits per heavy atom. The van der Waals surface area contributed by atoms with Crippen LogP contribution in [-0.4, -0.2) is 67.0 Å². The molecule has 54 heavy (non-hydrogen) atoms. The topological polar surface area (TPSA) is 141 Å². The largest absolute Gasteiger partial charge is 0.481 e. The van der Waals surface area contributed by atoms with Crippen molar-refractivity contribution in [3.8, 4) is 28.7 Å². The molecule has 8 rings (SSSR count). The van der Waals surface area contributed by atoms with Crippen LogP contribution < -0.4 is 5.32 Å². The molecule has 1 saturated carbocycles. The Bertz CT molecular complexity index is 2300. The van der Waals surface area contributed by atoms with Crippen LogP contribution >= 0.6 is 11.6 Å². The molecule has 2 unspecified atom stereocenters. The number of aromatic nitrogens is 3. The van der Waals surface area contributed by atoms with Crippen molar-refractivity contribution in [1.82, 2.24) is 24.3 Å². The van der Waals surface area contributed by atoms with E-state index >= 15 is 0 Å². The van der Waals surface area contributed by atoms with Crippen molar-refractivity contribution in [2.45, 2.75) is 77.4 Å². The van der Waals surface area contributed by atoms with Gasteiger partial charge in [0.05, 0.1) is 27.9 Å². The molecule has 1 aliphatic carbocycles. The van der Waals surface area contributed by atoms with Crippen LogP contribution in [0.3, 0.4) is 0 Å². The van der Waals surface area contributed by atoms with Crippen LogP contribution in [0.1, 0.15) is 83.6 Å². The van der Waals surface area contributed by atoms with Gasteiger partial charge in [0, 0.05) is 56.0 Å². The molecule has 11 nitrogen and oxygen atoms in total. The minimum atomic E-state index is -0.691. The Hall–Kier alpha value is -5.02. The summed E-state index contributed by atoms with van der Waals surface area (Å²) < 4.78 is 8.15. The number of amides is 1. The maximum atomic E-state index is 13.8. The molecule has 4 heterocycles. The summed E-state index contributed by atoms with van der Waals surface area (Å²) in [6, 6.07) is 18.0. The molecular weight excluding hydrogens is 702 g/mol. The third-order valence-corrected chi connectivity index (χ3v) is 12.1. The minimum absolute atomic E-state index is 0.260. The van der Waals surface area contributed by atoms with Gasteiger partial charge in [-0.25, -0.2) is 9.97 Å². The van der Waals surface area contributed by atoms with E-state index in [9.17, 15) is 20.0 Å². The second kappa shape index (κ2) is 15.0. The fourth-order valence-corrected chi connectivity index (χ4v) is 8.99. The first-order valence-electron chi connectivity index (χ1n) is 19.0. The highest BCUT2D eigenvalue weighted by atomic mass is 35.5. The van der Waals surface area contributed by atoms with Gasteiger partial charge in [0.2, 0.25) is 5.89 Å². The molecule has 12 heteroatoms. The zero-order valence-electron chi connectivity index (χ0n) is 30.7. The summed E-state index contributed by atoms with van der Waals surface area (Å²) >= 11 is 7.06. The summed E-state index contributed by atoms with van der Waals surface area (Å²) in [5, 5.41) is 22.9. The van der Waals surface area contributed by atoms with Crippen molar-refractivity contribution < 1.29 is 19.1 Å². The van der Waals surface area contributed by atoms with E-state index in [2.05, 4.69) is 21.2 Å². The zero-order valence-corrected chi connectivity index (χ0v) is 31.5. The van der Waals surface area contributed by atoms with E-state index in [1.165, 1.54) is 12.8 Å². The molecular formula is C42H44ClN7O4. The number of rotatable bonds is 8. The number of nitrogens with one attached hydrogen (secondary N) is 1. The molecule has 1 saturated heterocycles. The Labute approximate surface area is 319 Å². The SMILES string of the molecule is Cc1c(-c2nc3cc(CN4CCCC4)cc(C#N)c3o2)cccc1-c1cccc(NC(=O)c2nc3c(n2C)CCN(C2CCCC(C(=O)O)CC2)C3)c1Cl. The second-order valence-electron chi connectivity index (χ2n) is 15.0. The number of benzene rings is 3. The van der Waals surface area contributed by atoms with Crippen LogP contribution in [0.4, 0.5) is 5.69 Å². The van der Waals surface area contributed by atoms with Gasteiger partial charge in [-0.15, -0.1) is 0 Å². The number of halogens is 1. The number of carbonyl (C=O) groups is 2. The minimum Gasteiger partial charge on any atom is -0.481 e. The van der Waals surface area contributed by atoms with Gasteiger partial charge in [-0.1, -0.05) is 42.3 Å². The number of nitriles is 1. The van der Waals surface area contributed by atoms with Gasteiger partial charge in [0.1, 0.15) is 11.6 Å². The van der Waals surface area contributed by atoms with E-state index in [1.54, 1.807) is 6.07 Å². The molecule has 2 fully saturated rings. The van der Waals surface area contributed by atoms with Crippen molar-refractivity contribution in [3.63, 3.8) is 0 Å². The Balaban J connectivity index is 1.02.